The predicted octanol–water partition coefficient (Wildman–Crippen LogP) is 2.16. The number of amides is 1. The van der Waals surface area contributed by atoms with E-state index in [4.69, 9.17) is 16.7 Å². The van der Waals surface area contributed by atoms with Crippen LogP contribution in [0.25, 0.3) is 10.8 Å². The third-order valence-electron chi connectivity index (χ3n) is 3.58. The first-order valence-electron chi connectivity index (χ1n) is 6.90. The molecule has 2 aromatic rings. The highest BCUT2D eigenvalue weighted by atomic mass is 35.5. The Hall–Kier alpha value is -2.47. The van der Waals surface area contributed by atoms with Gasteiger partial charge in [0.1, 0.15) is 23.6 Å². The number of nitrogens with one attached hydrogen (secondary N) is 1. The number of carboxylic acid groups (broad SMARTS) is 1. The first kappa shape index (κ1) is 16.9. The van der Waals surface area contributed by atoms with Crippen LogP contribution >= 0.6 is 11.6 Å². The Labute approximate surface area is 137 Å². The molecule has 7 heteroatoms. The van der Waals surface area contributed by atoms with Gasteiger partial charge in [-0.2, -0.15) is 0 Å². The Kier molecular flexibility index (Phi) is 4.95. The van der Waals surface area contributed by atoms with Crippen LogP contribution in [0.3, 0.4) is 0 Å². The van der Waals surface area contributed by atoms with Gasteiger partial charge < -0.3 is 20.6 Å². The molecule has 0 unspecified atom stereocenters. The van der Waals surface area contributed by atoms with E-state index in [0.29, 0.717) is 28.6 Å². The molecule has 0 saturated carbocycles. The van der Waals surface area contributed by atoms with E-state index in [1.807, 2.05) is 6.07 Å². The highest BCUT2D eigenvalue weighted by Gasteiger charge is 2.22. The van der Waals surface area contributed by atoms with Crippen LogP contribution in [-0.2, 0) is 11.2 Å². The number of aromatic hydroxyl groups is 2. The van der Waals surface area contributed by atoms with E-state index in [1.54, 1.807) is 19.1 Å². The molecule has 4 N–H and O–H groups in total. The molecule has 0 aliphatic rings. The number of carbonyl (C=O) groups is 2. The molecule has 0 aliphatic heterocycles. The lowest BCUT2D eigenvalue weighted by atomic mass is 9.96. The van der Waals surface area contributed by atoms with Crippen molar-refractivity contribution in [2.45, 2.75) is 13.3 Å². The van der Waals surface area contributed by atoms with E-state index in [1.165, 1.54) is 0 Å². The summed E-state index contributed by atoms with van der Waals surface area (Å²) in [6.07, 6.45) is 0.595. The molecule has 6 nitrogen and oxygen atoms in total. The van der Waals surface area contributed by atoms with Gasteiger partial charge in [-0.1, -0.05) is 12.1 Å². The van der Waals surface area contributed by atoms with Gasteiger partial charge in [0, 0.05) is 11.3 Å². The number of carbonyl (C=O) groups excluding carboxylic acids is 1. The lowest BCUT2D eigenvalue weighted by Gasteiger charge is -2.14. The van der Waals surface area contributed by atoms with Crippen molar-refractivity contribution in [3.8, 4) is 11.5 Å². The lowest BCUT2D eigenvalue weighted by molar-refractivity contribution is -0.135. The topological polar surface area (TPSA) is 107 Å². The van der Waals surface area contributed by atoms with Crippen LogP contribution in [0.1, 0.15) is 21.5 Å². The van der Waals surface area contributed by atoms with Crippen molar-refractivity contribution < 1.29 is 24.9 Å². The molecular weight excluding hydrogens is 322 g/mol. The normalized spacial score (nSPS) is 10.7. The molecule has 23 heavy (non-hydrogen) atoms. The number of halogens is 1. The minimum atomic E-state index is -1.22. The lowest BCUT2D eigenvalue weighted by Crippen LogP contribution is -2.29. The van der Waals surface area contributed by atoms with Crippen molar-refractivity contribution >= 4 is 34.2 Å². The van der Waals surface area contributed by atoms with Crippen molar-refractivity contribution in [3.05, 3.63) is 34.9 Å². The zero-order valence-corrected chi connectivity index (χ0v) is 13.1. The number of rotatable bonds is 5. The highest BCUT2D eigenvalue weighted by molar-refractivity contribution is 6.18. The van der Waals surface area contributed by atoms with E-state index in [-0.39, 0.29) is 17.1 Å². The number of aliphatic carboxylic acids is 1. The number of benzene rings is 2. The van der Waals surface area contributed by atoms with E-state index in [0.717, 1.165) is 5.56 Å². The smallest absolute Gasteiger partial charge is 0.322 e. The summed E-state index contributed by atoms with van der Waals surface area (Å²) in [5.74, 6) is -2.42. The number of aryl methyl sites for hydroxylation is 2. The fourth-order valence-electron chi connectivity index (χ4n) is 2.40. The second kappa shape index (κ2) is 6.75. The number of hydrogen-bond acceptors (Lipinski definition) is 4. The van der Waals surface area contributed by atoms with Crippen molar-refractivity contribution in [1.82, 2.24) is 5.32 Å². The van der Waals surface area contributed by atoms with Gasteiger partial charge in [0.05, 0.1) is 0 Å². The van der Waals surface area contributed by atoms with Gasteiger partial charge in [0.15, 0.2) is 0 Å². The average Bonchev–Trinajstić information content (AvgIpc) is 2.51. The van der Waals surface area contributed by atoms with Crippen LogP contribution in [0.15, 0.2) is 18.2 Å². The fourth-order valence-corrected chi connectivity index (χ4v) is 2.62. The van der Waals surface area contributed by atoms with Crippen molar-refractivity contribution in [2.24, 2.45) is 0 Å². The summed E-state index contributed by atoms with van der Waals surface area (Å²) in [5.41, 5.74) is 0.972. The number of fused-ring (bicyclic) bond motifs is 1. The Morgan fingerprint density at radius 2 is 1.87 bits per heavy atom. The monoisotopic (exact) mass is 337 g/mol. The molecular formula is C16H16ClNO5. The molecule has 1 amide bonds. The molecule has 2 aromatic carbocycles. The van der Waals surface area contributed by atoms with Crippen molar-refractivity contribution in [3.63, 3.8) is 0 Å². The predicted molar refractivity (Wildman–Crippen MR) is 86.4 cm³/mol. The maximum Gasteiger partial charge on any atom is 0.322 e. The minimum Gasteiger partial charge on any atom is -0.507 e. The van der Waals surface area contributed by atoms with Crippen LogP contribution in [0, 0.1) is 6.92 Å². The van der Waals surface area contributed by atoms with Gasteiger partial charge >= 0.3 is 5.97 Å². The number of phenolic OH excluding ortho intramolecular Hbond substituents is 2. The van der Waals surface area contributed by atoms with Crippen molar-refractivity contribution in [2.75, 3.05) is 12.4 Å². The zero-order valence-electron chi connectivity index (χ0n) is 12.4. The molecule has 0 heterocycles. The van der Waals surface area contributed by atoms with Crippen LogP contribution in [-0.4, -0.2) is 39.6 Å². The minimum absolute atomic E-state index is 0.334. The average molecular weight is 338 g/mol. The summed E-state index contributed by atoms with van der Waals surface area (Å²) in [4.78, 5) is 22.6. The SMILES string of the molecule is Cc1c(O)c(C(=O)NCC(=O)O)c(O)c2cc(CCCl)ccc12. The molecule has 0 aromatic heterocycles. The van der Waals surface area contributed by atoms with Gasteiger partial charge in [-0.3, -0.25) is 9.59 Å². The highest BCUT2D eigenvalue weighted by Crippen LogP contribution is 2.39. The van der Waals surface area contributed by atoms with Crippen LogP contribution in [0.5, 0.6) is 11.5 Å². The fraction of sp³-hybridized carbons (Fsp3) is 0.250. The molecule has 0 bridgehead atoms. The number of hydrogen-bond donors (Lipinski definition) is 4. The number of carboxylic acids is 1. The summed E-state index contributed by atoms with van der Waals surface area (Å²) in [6.45, 7) is 1.01. The standard InChI is InChI=1S/C16H16ClNO5/c1-8-10-3-2-9(4-5-17)6-11(10)15(22)13(14(8)21)16(23)18-7-12(19)20/h2-3,6,21-22H,4-5,7H2,1H3,(H,18,23)(H,19,20). The van der Waals surface area contributed by atoms with Gasteiger partial charge in [0.25, 0.3) is 5.91 Å². The summed E-state index contributed by atoms with van der Waals surface area (Å²) in [5, 5.41) is 32.3. The second-order valence-electron chi connectivity index (χ2n) is 5.09. The second-order valence-corrected chi connectivity index (χ2v) is 5.47. The Balaban J connectivity index is 2.60. The maximum absolute atomic E-state index is 12.1. The molecule has 0 spiro atoms. The molecule has 0 aliphatic carbocycles. The van der Waals surface area contributed by atoms with E-state index in [9.17, 15) is 19.8 Å². The molecule has 122 valence electrons. The van der Waals surface area contributed by atoms with E-state index < -0.39 is 18.4 Å². The summed E-state index contributed by atoms with van der Waals surface area (Å²) < 4.78 is 0. The Morgan fingerprint density at radius 3 is 2.48 bits per heavy atom. The number of phenols is 2. The maximum atomic E-state index is 12.1. The first-order valence-corrected chi connectivity index (χ1v) is 7.43. The first-order chi connectivity index (χ1) is 10.9. The largest absolute Gasteiger partial charge is 0.507 e. The van der Waals surface area contributed by atoms with Crippen LogP contribution in [0.4, 0.5) is 0 Å². The van der Waals surface area contributed by atoms with E-state index >= 15 is 0 Å². The third-order valence-corrected chi connectivity index (χ3v) is 3.77. The Morgan fingerprint density at radius 1 is 1.17 bits per heavy atom. The van der Waals surface area contributed by atoms with Crippen LogP contribution < -0.4 is 5.32 Å². The molecule has 2 rings (SSSR count). The number of alkyl halides is 1. The molecule has 0 atom stereocenters. The third kappa shape index (κ3) is 3.32. The van der Waals surface area contributed by atoms with Crippen LogP contribution in [0.2, 0.25) is 0 Å². The van der Waals surface area contributed by atoms with Crippen molar-refractivity contribution in [1.29, 1.82) is 0 Å². The van der Waals surface area contributed by atoms with Gasteiger partial charge in [-0.05, 0) is 35.9 Å². The van der Waals surface area contributed by atoms with Gasteiger partial charge in [0.2, 0.25) is 0 Å². The quantitative estimate of drug-likeness (QED) is 0.625. The van der Waals surface area contributed by atoms with Gasteiger partial charge in [-0.25, -0.2) is 0 Å². The zero-order chi connectivity index (χ0) is 17.1. The van der Waals surface area contributed by atoms with E-state index in [2.05, 4.69) is 5.32 Å². The summed E-state index contributed by atoms with van der Waals surface area (Å²) >= 11 is 5.71. The Bertz CT molecular complexity index is 788. The van der Waals surface area contributed by atoms with Gasteiger partial charge in [-0.15, -0.1) is 11.6 Å². The molecule has 0 fully saturated rings. The summed E-state index contributed by atoms with van der Waals surface area (Å²) in [7, 11) is 0. The molecule has 0 radical (unpaired) electrons. The molecule has 0 saturated heterocycles. The summed E-state index contributed by atoms with van der Waals surface area (Å²) in [6, 6.07) is 5.28.